The number of hydrogen-bond donors (Lipinski definition) is 1. The van der Waals surface area contributed by atoms with E-state index in [2.05, 4.69) is 0 Å². The Morgan fingerprint density at radius 3 is 2.05 bits per heavy atom. The predicted octanol–water partition coefficient (Wildman–Crippen LogP) is 1.33. The number of carboxylic acid groups (broad SMARTS) is 1. The number of carbonyl (C=O) groups excluding carboxylic acids is 2. The van der Waals surface area contributed by atoms with Crippen molar-refractivity contribution in [2.45, 2.75) is 26.5 Å². The molecule has 0 saturated carbocycles. The average Bonchev–Trinajstić information content (AvgIpc) is 2.35. The summed E-state index contributed by atoms with van der Waals surface area (Å²) in [7, 11) is 0. The van der Waals surface area contributed by atoms with Crippen LogP contribution in [-0.4, -0.2) is 28.7 Å². The summed E-state index contributed by atoms with van der Waals surface area (Å²) >= 11 is 0. The number of hydroxylamine groups is 1. The van der Waals surface area contributed by atoms with E-state index in [4.69, 9.17) is 9.57 Å². The minimum absolute atomic E-state index is 0.258. The molecule has 20 heavy (non-hydrogen) atoms. The van der Waals surface area contributed by atoms with E-state index in [0.29, 0.717) is 0 Å². The highest BCUT2D eigenvalue weighted by Gasteiger charge is 2.46. The van der Waals surface area contributed by atoms with Gasteiger partial charge in [0.2, 0.25) is 0 Å². The van der Waals surface area contributed by atoms with Gasteiger partial charge in [-0.15, -0.1) is 0 Å². The summed E-state index contributed by atoms with van der Waals surface area (Å²) in [6, 6.07) is 8.00. The first-order chi connectivity index (χ1) is 9.27. The third-order valence-corrected chi connectivity index (χ3v) is 2.34. The van der Waals surface area contributed by atoms with Gasteiger partial charge in [-0.25, -0.2) is 4.79 Å². The summed E-state index contributed by atoms with van der Waals surface area (Å²) in [5.41, 5.74) is -1.91. The first-order valence-corrected chi connectivity index (χ1v) is 5.74. The molecule has 1 aromatic rings. The summed E-state index contributed by atoms with van der Waals surface area (Å²) in [4.78, 5) is 38.7. The molecular formula is C13H15NO6. The molecule has 7 nitrogen and oxygen atoms in total. The number of ether oxygens (including phenoxy) is 1. The zero-order valence-corrected chi connectivity index (χ0v) is 11.3. The lowest BCUT2D eigenvalue weighted by atomic mass is 10.2. The number of benzene rings is 1. The van der Waals surface area contributed by atoms with E-state index < -0.39 is 23.6 Å². The fraction of sp³-hybridized carbons (Fsp3) is 0.308. The molecule has 0 unspecified atom stereocenters. The molecule has 1 rings (SSSR count). The lowest BCUT2D eigenvalue weighted by Crippen LogP contribution is -2.56. The SMILES string of the molecule is CC(=O)ON(c1ccccc1)[C@](C)(OC(C)=O)C(=O)O. The van der Waals surface area contributed by atoms with Gasteiger partial charge >= 0.3 is 23.6 Å². The number of carboxylic acids is 1. The van der Waals surface area contributed by atoms with Crippen LogP contribution >= 0.6 is 0 Å². The van der Waals surface area contributed by atoms with E-state index in [-0.39, 0.29) is 5.69 Å². The van der Waals surface area contributed by atoms with Crippen molar-refractivity contribution in [2.24, 2.45) is 0 Å². The maximum atomic E-state index is 11.4. The van der Waals surface area contributed by atoms with Crippen LogP contribution in [0.3, 0.4) is 0 Å². The number of nitrogens with zero attached hydrogens (tertiary/aromatic N) is 1. The smallest absolute Gasteiger partial charge is 0.373 e. The third-order valence-electron chi connectivity index (χ3n) is 2.34. The molecule has 0 aromatic heterocycles. The second kappa shape index (κ2) is 6.05. The Morgan fingerprint density at radius 2 is 1.65 bits per heavy atom. The lowest BCUT2D eigenvalue weighted by Gasteiger charge is -2.35. The van der Waals surface area contributed by atoms with Crippen LogP contribution in [0.4, 0.5) is 5.69 Å². The number of rotatable bonds is 5. The first-order valence-electron chi connectivity index (χ1n) is 5.74. The van der Waals surface area contributed by atoms with Crippen molar-refractivity contribution in [3.63, 3.8) is 0 Å². The Labute approximate surface area is 115 Å². The fourth-order valence-corrected chi connectivity index (χ4v) is 1.53. The highest BCUT2D eigenvalue weighted by atomic mass is 16.8. The van der Waals surface area contributed by atoms with Gasteiger partial charge in [0.1, 0.15) is 0 Å². The van der Waals surface area contributed by atoms with Crippen LogP contribution in [0, 0.1) is 0 Å². The van der Waals surface area contributed by atoms with Gasteiger partial charge in [0.15, 0.2) is 0 Å². The predicted molar refractivity (Wildman–Crippen MR) is 68.5 cm³/mol. The van der Waals surface area contributed by atoms with Gasteiger partial charge in [0, 0.05) is 20.8 Å². The first kappa shape index (κ1) is 15.5. The number of anilines is 1. The molecule has 0 radical (unpaired) electrons. The Bertz CT molecular complexity index is 515. The number of carbonyl (C=O) groups is 3. The Kier molecular flexibility index (Phi) is 4.68. The van der Waals surface area contributed by atoms with Crippen molar-refractivity contribution in [1.29, 1.82) is 0 Å². The molecule has 0 fully saturated rings. The van der Waals surface area contributed by atoms with Gasteiger partial charge in [-0.05, 0) is 12.1 Å². The third kappa shape index (κ3) is 3.47. The van der Waals surface area contributed by atoms with Crippen LogP contribution < -0.4 is 5.06 Å². The molecule has 0 heterocycles. The molecule has 0 spiro atoms. The summed E-state index contributed by atoms with van der Waals surface area (Å²) in [5, 5.41) is 10.1. The van der Waals surface area contributed by atoms with Crippen LogP contribution in [0.2, 0.25) is 0 Å². The van der Waals surface area contributed by atoms with Crippen molar-refractivity contribution in [3.05, 3.63) is 30.3 Å². The van der Waals surface area contributed by atoms with Crippen molar-refractivity contribution < 1.29 is 29.1 Å². The van der Waals surface area contributed by atoms with E-state index in [1.54, 1.807) is 18.2 Å². The molecule has 1 atom stereocenters. The minimum Gasteiger partial charge on any atom is -0.477 e. The monoisotopic (exact) mass is 281 g/mol. The number of para-hydroxylation sites is 1. The molecule has 1 aromatic carbocycles. The molecule has 0 aliphatic rings. The van der Waals surface area contributed by atoms with Gasteiger partial charge in [-0.2, -0.15) is 5.06 Å². The molecule has 108 valence electrons. The van der Waals surface area contributed by atoms with Crippen LogP contribution in [0.1, 0.15) is 20.8 Å². The average molecular weight is 281 g/mol. The van der Waals surface area contributed by atoms with Gasteiger partial charge in [0.05, 0.1) is 5.69 Å². The van der Waals surface area contributed by atoms with Crippen molar-refractivity contribution in [3.8, 4) is 0 Å². The molecular weight excluding hydrogens is 266 g/mol. The van der Waals surface area contributed by atoms with E-state index in [1.165, 1.54) is 12.1 Å². The maximum absolute atomic E-state index is 11.4. The van der Waals surface area contributed by atoms with Crippen molar-refractivity contribution >= 4 is 23.6 Å². The maximum Gasteiger partial charge on any atom is 0.373 e. The topological polar surface area (TPSA) is 93.1 Å². The van der Waals surface area contributed by atoms with Gasteiger partial charge in [-0.3, -0.25) is 9.59 Å². The zero-order valence-electron chi connectivity index (χ0n) is 11.3. The summed E-state index contributed by atoms with van der Waals surface area (Å²) in [5.74, 6) is -3.03. The van der Waals surface area contributed by atoms with Crippen molar-refractivity contribution in [2.75, 3.05) is 5.06 Å². The van der Waals surface area contributed by atoms with E-state index in [9.17, 15) is 19.5 Å². The van der Waals surface area contributed by atoms with E-state index >= 15 is 0 Å². The second-order valence-electron chi connectivity index (χ2n) is 4.09. The standard InChI is InChI=1S/C13H15NO6/c1-9(15)19-13(3,12(17)18)14(20-10(2)16)11-7-5-4-6-8-11/h4-8H,1-3H3,(H,17,18)/t13-/m1/s1. The molecule has 0 bridgehead atoms. The van der Waals surface area contributed by atoms with Crippen LogP contribution in [0.5, 0.6) is 0 Å². The Hall–Kier alpha value is -2.57. The molecule has 0 amide bonds. The molecule has 0 saturated heterocycles. The summed E-state index contributed by atoms with van der Waals surface area (Å²) in [6.07, 6.45) is 0. The lowest BCUT2D eigenvalue weighted by molar-refractivity contribution is -0.188. The minimum atomic E-state index is -2.17. The highest BCUT2D eigenvalue weighted by Crippen LogP contribution is 2.26. The van der Waals surface area contributed by atoms with Crippen LogP contribution in [0.15, 0.2) is 30.3 Å². The zero-order chi connectivity index (χ0) is 15.3. The second-order valence-corrected chi connectivity index (χ2v) is 4.09. The van der Waals surface area contributed by atoms with E-state index in [1.807, 2.05) is 0 Å². The summed E-state index contributed by atoms with van der Waals surface area (Å²) in [6.45, 7) is 3.30. The fourth-order valence-electron chi connectivity index (χ4n) is 1.53. The number of esters is 1. The molecule has 0 aliphatic carbocycles. The number of hydrogen-bond acceptors (Lipinski definition) is 6. The van der Waals surface area contributed by atoms with Crippen LogP contribution in [0.25, 0.3) is 0 Å². The summed E-state index contributed by atoms with van der Waals surface area (Å²) < 4.78 is 4.83. The van der Waals surface area contributed by atoms with E-state index in [0.717, 1.165) is 25.8 Å². The quantitative estimate of drug-likeness (QED) is 0.494. The highest BCUT2D eigenvalue weighted by molar-refractivity contribution is 5.84. The largest absolute Gasteiger partial charge is 0.477 e. The van der Waals surface area contributed by atoms with Gasteiger partial charge < -0.3 is 14.7 Å². The normalized spacial score (nSPS) is 12.9. The molecule has 0 aliphatic heterocycles. The Morgan fingerprint density at radius 1 is 1.10 bits per heavy atom. The van der Waals surface area contributed by atoms with Crippen LogP contribution in [-0.2, 0) is 24.0 Å². The Balaban J connectivity index is 3.29. The number of aliphatic carboxylic acids is 1. The van der Waals surface area contributed by atoms with Gasteiger partial charge in [0.25, 0.3) is 0 Å². The molecule has 1 N–H and O–H groups in total. The van der Waals surface area contributed by atoms with Gasteiger partial charge in [-0.1, -0.05) is 18.2 Å². The van der Waals surface area contributed by atoms with Crippen molar-refractivity contribution in [1.82, 2.24) is 0 Å². The molecule has 7 heteroatoms.